The van der Waals surface area contributed by atoms with Crippen molar-refractivity contribution in [2.75, 3.05) is 5.32 Å². The van der Waals surface area contributed by atoms with Gasteiger partial charge in [-0.05, 0) is 38.1 Å². The van der Waals surface area contributed by atoms with E-state index in [-0.39, 0.29) is 23.1 Å². The third kappa shape index (κ3) is 3.35. The number of nitrogens with one attached hydrogen (secondary N) is 2. The number of hydrogen-bond donors (Lipinski definition) is 2. The predicted octanol–water partition coefficient (Wildman–Crippen LogP) is 3.45. The molecule has 4 rings (SSSR count). The number of anilines is 1. The summed E-state index contributed by atoms with van der Waals surface area (Å²) in [5.41, 5.74) is 2.99. The van der Waals surface area contributed by atoms with Crippen molar-refractivity contribution in [1.29, 1.82) is 0 Å². The minimum absolute atomic E-state index is 0.0129. The van der Waals surface area contributed by atoms with Crippen LogP contribution in [0.5, 0.6) is 0 Å². The first-order valence-corrected chi connectivity index (χ1v) is 8.35. The molecule has 0 bridgehead atoms. The molecule has 27 heavy (non-hydrogen) atoms. The fourth-order valence-corrected chi connectivity index (χ4v) is 2.60. The molecule has 0 saturated heterocycles. The fraction of sp³-hybridized carbons (Fsp3) is 0.100. The normalized spacial score (nSPS) is 10.9. The molecule has 0 radical (unpaired) electrons. The third-order valence-corrected chi connectivity index (χ3v) is 4.11. The quantitative estimate of drug-likeness (QED) is 0.583. The van der Waals surface area contributed by atoms with E-state index in [2.05, 4.69) is 20.3 Å². The van der Waals surface area contributed by atoms with E-state index in [1.807, 2.05) is 50.2 Å². The van der Waals surface area contributed by atoms with Gasteiger partial charge in [-0.1, -0.05) is 35.4 Å². The highest BCUT2D eigenvalue weighted by Crippen LogP contribution is 2.22. The molecule has 0 aliphatic heterocycles. The van der Waals surface area contributed by atoms with Crippen molar-refractivity contribution in [3.63, 3.8) is 0 Å². The SMILES string of the molecule is Cc1ccc(C(=O)Nc2nc3nc(-c4ccc(C)cc4)oc3c(=O)[nH]2)cc1. The van der Waals surface area contributed by atoms with Gasteiger partial charge in [-0.15, -0.1) is 0 Å². The van der Waals surface area contributed by atoms with Gasteiger partial charge < -0.3 is 4.42 Å². The molecule has 7 nitrogen and oxygen atoms in total. The number of rotatable bonds is 3. The van der Waals surface area contributed by atoms with Gasteiger partial charge in [0.25, 0.3) is 11.5 Å². The molecule has 1 amide bonds. The van der Waals surface area contributed by atoms with E-state index < -0.39 is 5.56 Å². The number of H-pyrrole nitrogens is 1. The predicted molar refractivity (Wildman–Crippen MR) is 102 cm³/mol. The minimum atomic E-state index is -0.509. The molecule has 0 aliphatic rings. The van der Waals surface area contributed by atoms with Gasteiger partial charge in [-0.25, -0.2) is 0 Å². The number of aromatic amines is 1. The molecule has 0 fully saturated rings. The molecular formula is C20H16N4O3. The molecule has 2 aromatic carbocycles. The van der Waals surface area contributed by atoms with Gasteiger partial charge in [0.15, 0.2) is 0 Å². The van der Waals surface area contributed by atoms with Crippen molar-refractivity contribution in [2.24, 2.45) is 0 Å². The zero-order chi connectivity index (χ0) is 19.0. The number of carbonyl (C=O) groups excluding carboxylic acids is 1. The van der Waals surface area contributed by atoms with Crippen LogP contribution in [0.4, 0.5) is 5.95 Å². The van der Waals surface area contributed by atoms with Crippen LogP contribution in [-0.4, -0.2) is 20.9 Å². The van der Waals surface area contributed by atoms with Crippen LogP contribution >= 0.6 is 0 Å². The van der Waals surface area contributed by atoms with E-state index in [1.54, 1.807) is 12.1 Å². The highest BCUT2D eigenvalue weighted by atomic mass is 16.4. The third-order valence-electron chi connectivity index (χ3n) is 4.11. The molecule has 134 valence electrons. The van der Waals surface area contributed by atoms with Gasteiger partial charge >= 0.3 is 0 Å². The molecule has 2 aromatic heterocycles. The Hall–Kier alpha value is -3.74. The highest BCUT2D eigenvalue weighted by Gasteiger charge is 2.15. The maximum atomic E-state index is 12.3. The first kappa shape index (κ1) is 16.7. The van der Waals surface area contributed by atoms with E-state index in [4.69, 9.17) is 4.42 Å². The summed E-state index contributed by atoms with van der Waals surface area (Å²) in [6, 6.07) is 14.6. The Labute approximate surface area is 154 Å². The van der Waals surface area contributed by atoms with Gasteiger partial charge in [0.2, 0.25) is 23.1 Å². The summed E-state index contributed by atoms with van der Waals surface area (Å²) in [5.74, 6) is -0.0633. The lowest BCUT2D eigenvalue weighted by molar-refractivity contribution is 0.102. The van der Waals surface area contributed by atoms with Crippen LogP contribution in [0.3, 0.4) is 0 Å². The number of aromatic nitrogens is 3. The first-order chi connectivity index (χ1) is 13.0. The van der Waals surface area contributed by atoms with Crippen molar-refractivity contribution in [1.82, 2.24) is 15.0 Å². The molecule has 0 spiro atoms. The molecule has 2 N–H and O–H groups in total. The Bertz CT molecular complexity index is 1190. The van der Waals surface area contributed by atoms with Crippen LogP contribution in [0, 0.1) is 13.8 Å². The van der Waals surface area contributed by atoms with Crippen molar-refractivity contribution < 1.29 is 9.21 Å². The average molecular weight is 360 g/mol. The van der Waals surface area contributed by atoms with Crippen LogP contribution in [0.15, 0.2) is 57.7 Å². The molecule has 0 saturated carbocycles. The van der Waals surface area contributed by atoms with E-state index in [0.29, 0.717) is 11.5 Å². The van der Waals surface area contributed by atoms with Crippen LogP contribution in [0.1, 0.15) is 21.5 Å². The maximum absolute atomic E-state index is 12.3. The molecule has 7 heteroatoms. The molecule has 0 unspecified atom stereocenters. The zero-order valence-electron chi connectivity index (χ0n) is 14.7. The largest absolute Gasteiger partial charge is 0.428 e. The Kier molecular flexibility index (Phi) is 4.04. The number of nitrogens with zero attached hydrogens (tertiary/aromatic N) is 2. The van der Waals surface area contributed by atoms with Crippen molar-refractivity contribution in [2.45, 2.75) is 13.8 Å². The lowest BCUT2D eigenvalue weighted by Crippen LogP contribution is -2.18. The van der Waals surface area contributed by atoms with Crippen LogP contribution in [-0.2, 0) is 0 Å². The second-order valence-electron chi connectivity index (χ2n) is 6.27. The van der Waals surface area contributed by atoms with Gasteiger partial charge in [-0.2, -0.15) is 9.97 Å². The Balaban J connectivity index is 1.67. The summed E-state index contributed by atoms with van der Waals surface area (Å²) in [6.07, 6.45) is 0. The number of amides is 1. The van der Waals surface area contributed by atoms with Gasteiger partial charge in [0.05, 0.1) is 0 Å². The average Bonchev–Trinajstić information content (AvgIpc) is 3.07. The summed E-state index contributed by atoms with van der Waals surface area (Å²) < 4.78 is 5.55. The van der Waals surface area contributed by atoms with E-state index in [0.717, 1.165) is 16.7 Å². The minimum Gasteiger partial charge on any atom is -0.428 e. The van der Waals surface area contributed by atoms with Crippen LogP contribution < -0.4 is 10.9 Å². The number of aryl methyl sites for hydroxylation is 2. The summed E-state index contributed by atoms with van der Waals surface area (Å²) in [6.45, 7) is 3.91. The molecule has 2 heterocycles. The molecule has 0 aliphatic carbocycles. The number of benzene rings is 2. The van der Waals surface area contributed by atoms with Gasteiger partial charge in [0.1, 0.15) is 0 Å². The maximum Gasteiger partial charge on any atom is 0.297 e. The lowest BCUT2D eigenvalue weighted by Gasteiger charge is -2.04. The number of fused-ring (bicyclic) bond motifs is 1. The van der Waals surface area contributed by atoms with Gasteiger partial charge in [0, 0.05) is 11.1 Å². The van der Waals surface area contributed by atoms with E-state index in [1.165, 1.54) is 0 Å². The Morgan fingerprint density at radius 1 is 0.963 bits per heavy atom. The van der Waals surface area contributed by atoms with E-state index in [9.17, 15) is 9.59 Å². The topological polar surface area (TPSA) is 101 Å². The summed E-state index contributed by atoms with van der Waals surface area (Å²) >= 11 is 0. The smallest absolute Gasteiger partial charge is 0.297 e. The van der Waals surface area contributed by atoms with Gasteiger partial charge in [-0.3, -0.25) is 19.9 Å². The standard InChI is InChI=1S/C20H16N4O3/c1-11-3-7-13(8-4-11)17(25)23-20-22-16-15(18(26)24-20)27-19(21-16)14-9-5-12(2)6-10-14/h3-10H,1-2H3,(H2,22,23,24,25,26). The van der Waals surface area contributed by atoms with Crippen molar-refractivity contribution in [3.05, 3.63) is 75.6 Å². The second kappa shape index (κ2) is 6.53. The second-order valence-corrected chi connectivity index (χ2v) is 6.27. The molecule has 4 aromatic rings. The lowest BCUT2D eigenvalue weighted by atomic mass is 10.1. The molecular weight excluding hydrogens is 344 g/mol. The summed E-state index contributed by atoms with van der Waals surface area (Å²) in [7, 11) is 0. The number of oxazole rings is 1. The van der Waals surface area contributed by atoms with Crippen LogP contribution in [0.25, 0.3) is 22.7 Å². The Morgan fingerprint density at radius 2 is 1.59 bits per heavy atom. The first-order valence-electron chi connectivity index (χ1n) is 8.35. The van der Waals surface area contributed by atoms with Crippen LogP contribution in [0.2, 0.25) is 0 Å². The highest BCUT2D eigenvalue weighted by molar-refractivity contribution is 6.03. The molecule has 0 atom stereocenters. The Morgan fingerprint density at radius 3 is 2.26 bits per heavy atom. The number of carbonyl (C=O) groups is 1. The summed E-state index contributed by atoms with van der Waals surface area (Å²) in [4.78, 5) is 35.6. The van der Waals surface area contributed by atoms with Crippen molar-refractivity contribution >= 4 is 23.1 Å². The summed E-state index contributed by atoms with van der Waals surface area (Å²) in [5, 5.41) is 2.58. The monoisotopic (exact) mass is 360 g/mol. The number of hydrogen-bond acceptors (Lipinski definition) is 5. The zero-order valence-corrected chi connectivity index (χ0v) is 14.7. The van der Waals surface area contributed by atoms with Crippen molar-refractivity contribution in [3.8, 4) is 11.5 Å². The fourth-order valence-electron chi connectivity index (χ4n) is 2.60. The van der Waals surface area contributed by atoms with E-state index >= 15 is 0 Å².